The molecule has 0 unspecified atom stereocenters. The van der Waals surface area contributed by atoms with Gasteiger partial charge in [-0.25, -0.2) is 4.79 Å². The zero-order valence-electron chi connectivity index (χ0n) is 18.7. The van der Waals surface area contributed by atoms with E-state index in [2.05, 4.69) is 29.6 Å². The Morgan fingerprint density at radius 1 is 1.00 bits per heavy atom. The highest BCUT2D eigenvalue weighted by Gasteiger charge is 2.32. The summed E-state index contributed by atoms with van der Waals surface area (Å²) in [5.41, 5.74) is 0.689. The summed E-state index contributed by atoms with van der Waals surface area (Å²) in [7, 11) is 0. The normalized spacial score (nSPS) is 16.1. The van der Waals surface area contributed by atoms with E-state index in [1.807, 2.05) is 57.2 Å². The van der Waals surface area contributed by atoms with Crippen molar-refractivity contribution >= 4 is 17.4 Å². The Hall–Kier alpha value is -2.99. The Balaban J connectivity index is 1.30. The lowest BCUT2D eigenvalue weighted by atomic mass is 10.2. The standard InChI is InChI=1S/C26H29NO4S/c1-26(2,3)31-25(28)27-16-4-6-20(27)18-29-21-12-14-23(15-13-21)30-22-10-8-19(9-11-22)24-7-5-17-32-24/h5,7-15,17,20H,4,6,16,18H2,1-3H3/t20-/m1/s1. The van der Waals surface area contributed by atoms with Crippen LogP contribution < -0.4 is 9.47 Å². The minimum Gasteiger partial charge on any atom is -0.491 e. The van der Waals surface area contributed by atoms with Crippen molar-refractivity contribution in [2.24, 2.45) is 0 Å². The third-order valence-corrected chi connectivity index (χ3v) is 6.09. The molecule has 5 nitrogen and oxygen atoms in total. The van der Waals surface area contributed by atoms with E-state index in [4.69, 9.17) is 14.2 Å². The van der Waals surface area contributed by atoms with Crippen LogP contribution in [-0.4, -0.2) is 35.8 Å². The van der Waals surface area contributed by atoms with Gasteiger partial charge in [-0.15, -0.1) is 11.3 Å². The third kappa shape index (κ3) is 5.82. The van der Waals surface area contributed by atoms with Gasteiger partial charge >= 0.3 is 6.09 Å². The molecule has 1 saturated heterocycles. The van der Waals surface area contributed by atoms with Crippen molar-refractivity contribution in [3.63, 3.8) is 0 Å². The number of hydrogen-bond donors (Lipinski definition) is 0. The molecule has 0 spiro atoms. The third-order valence-electron chi connectivity index (χ3n) is 5.17. The molecular weight excluding hydrogens is 422 g/mol. The molecule has 0 saturated carbocycles. The summed E-state index contributed by atoms with van der Waals surface area (Å²) in [6.07, 6.45) is 1.62. The fraction of sp³-hybridized carbons (Fsp3) is 0.346. The SMILES string of the molecule is CC(C)(C)OC(=O)N1CCC[C@@H]1COc1ccc(Oc2ccc(-c3cccs3)cc2)cc1. The Morgan fingerprint density at radius 3 is 2.28 bits per heavy atom. The fourth-order valence-electron chi connectivity index (χ4n) is 3.63. The molecule has 1 aliphatic heterocycles. The second-order valence-electron chi connectivity index (χ2n) is 8.86. The van der Waals surface area contributed by atoms with Crippen LogP contribution in [0.5, 0.6) is 17.2 Å². The zero-order valence-corrected chi connectivity index (χ0v) is 19.6. The van der Waals surface area contributed by atoms with Crippen LogP contribution >= 0.6 is 11.3 Å². The van der Waals surface area contributed by atoms with E-state index in [9.17, 15) is 4.79 Å². The summed E-state index contributed by atoms with van der Waals surface area (Å²) >= 11 is 1.72. The average Bonchev–Trinajstić information content (AvgIpc) is 3.45. The highest BCUT2D eigenvalue weighted by Crippen LogP contribution is 2.29. The van der Waals surface area contributed by atoms with Crippen LogP contribution in [0.1, 0.15) is 33.6 Å². The van der Waals surface area contributed by atoms with Crippen molar-refractivity contribution in [2.45, 2.75) is 45.3 Å². The van der Waals surface area contributed by atoms with Gasteiger partial charge in [-0.3, -0.25) is 0 Å². The van der Waals surface area contributed by atoms with Gasteiger partial charge < -0.3 is 19.1 Å². The van der Waals surface area contributed by atoms with E-state index in [1.165, 1.54) is 10.4 Å². The van der Waals surface area contributed by atoms with E-state index in [1.54, 1.807) is 16.2 Å². The van der Waals surface area contributed by atoms with Gasteiger partial charge in [0.05, 0.1) is 6.04 Å². The second-order valence-corrected chi connectivity index (χ2v) is 9.80. The highest BCUT2D eigenvalue weighted by molar-refractivity contribution is 7.13. The molecule has 0 N–H and O–H groups in total. The number of benzene rings is 2. The van der Waals surface area contributed by atoms with Gasteiger partial charge in [0.2, 0.25) is 0 Å². The maximum absolute atomic E-state index is 12.4. The lowest BCUT2D eigenvalue weighted by Crippen LogP contribution is -2.42. The Morgan fingerprint density at radius 2 is 1.66 bits per heavy atom. The number of likely N-dealkylation sites (tertiary alicyclic amines) is 1. The number of carbonyl (C=O) groups excluding carboxylic acids is 1. The lowest BCUT2D eigenvalue weighted by Gasteiger charge is -2.28. The molecule has 1 amide bonds. The van der Waals surface area contributed by atoms with Crippen LogP contribution in [0.25, 0.3) is 10.4 Å². The van der Waals surface area contributed by atoms with Crippen molar-refractivity contribution in [3.05, 3.63) is 66.0 Å². The van der Waals surface area contributed by atoms with E-state index in [-0.39, 0.29) is 12.1 Å². The minimum atomic E-state index is -0.495. The number of rotatable bonds is 6. The van der Waals surface area contributed by atoms with Gasteiger partial charge in [-0.05, 0) is 99.2 Å². The molecule has 0 radical (unpaired) electrons. The predicted molar refractivity (Wildman–Crippen MR) is 128 cm³/mol. The molecular formula is C26H29NO4S. The first-order valence-corrected chi connectivity index (χ1v) is 11.8. The number of nitrogens with zero attached hydrogens (tertiary/aromatic N) is 1. The van der Waals surface area contributed by atoms with E-state index in [0.29, 0.717) is 13.2 Å². The van der Waals surface area contributed by atoms with Crippen molar-refractivity contribution in [2.75, 3.05) is 13.2 Å². The van der Waals surface area contributed by atoms with E-state index < -0.39 is 5.60 Å². The van der Waals surface area contributed by atoms with E-state index >= 15 is 0 Å². The maximum Gasteiger partial charge on any atom is 0.410 e. The largest absolute Gasteiger partial charge is 0.491 e. The number of amides is 1. The number of hydrogen-bond acceptors (Lipinski definition) is 5. The number of thiophene rings is 1. The Kier molecular flexibility index (Phi) is 6.70. The zero-order chi connectivity index (χ0) is 22.6. The summed E-state index contributed by atoms with van der Waals surface area (Å²) in [6, 6.07) is 19.8. The first kappa shape index (κ1) is 22.2. The number of ether oxygens (including phenoxy) is 3. The van der Waals surface area contributed by atoms with Crippen molar-refractivity contribution in [1.29, 1.82) is 0 Å². The molecule has 32 heavy (non-hydrogen) atoms. The quantitative estimate of drug-likeness (QED) is 0.405. The number of carbonyl (C=O) groups is 1. The summed E-state index contributed by atoms with van der Waals surface area (Å²) in [5.74, 6) is 2.29. The summed E-state index contributed by atoms with van der Waals surface area (Å²) < 4.78 is 17.4. The molecule has 2 heterocycles. The first-order valence-electron chi connectivity index (χ1n) is 10.9. The fourth-order valence-corrected chi connectivity index (χ4v) is 4.37. The molecule has 4 rings (SSSR count). The average molecular weight is 452 g/mol. The highest BCUT2D eigenvalue weighted by atomic mass is 32.1. The molecule has 1 aromatic heterocycles. The first-order chi connectivity index (χ1) is 15.4. The topological polar surface area (TPSA) is 48.0 Å². The van der Waals surface area contributed by atoms with Crippen LogP contribution in [0, 0.1) is 0 Å². The van der Waals surface area contributed by atoms with Gasteiger partial charge in [0, 0.05) is 11.4 Å². The monoisotopic (exact) mass is 451 g/mol. The van der Waals surface area contributed by atoms with Crippen LogP contribution in [0.3, 0.4) is 0 Å². The minimum absolute atomic E-state index is 0.0302. The second kappa shape index (κ2) is 9.65. The molecule has 1 atom stereocenters. The lowest BCUT2D eigenvalue weighted by molar-refractivity contribution is 0.0187. The molecule has 6 heteroatoms. The molecule has 168 valence electrons. The van der Waals surface area contributed by atoms with Crippen LogP contribution in [0.2, 0.25) is 0 Å². The molecule has 0 aliphatic carbocycles. The van der Waals surface area contributed by atoms with Gasteiger partial charge in [-0.2, -0.15) is 0 Å². The van der Waals surface area contributed by atoms with E-state index in [0.717, 1.165) is 30.1 Å². The molecule has 1 aliphatic rings. The van der Waals surface area contributed by atoms with Gasteiger partial charge in [-0.1, -0.05) is 6.07 Å². The van der Waals surface area contributed by atoms with Crippen molar-refractivity contribution in [1.82, 2.24) is 4.90 Å². The maximum atomic E-state index is 12.4. The van der Waals surface area contributed by atoms with Gasteiger partial charge in [0.25, 0.3) is 0 Å². The molecule has 2 aromatic carbocycles. The summed E-state index contributed by atoms with van der Waals surface area (Å²) in [5, 5.41) is 2.07. The Bertz CT molecular complexity index is 1010. The smallest absolute Gasteiger partial charge is 0.410 e. The van der Waals surface area contributed by atoms with Gasteiger partial charge in [0.15, 0.2) is 0 Å². The summed E-state index contributed by atoms with van der Waals surface area (Å²) in [4.78, 5) is 15.4. The van der Waals surface area contributed by atoms with Crippen LogP contribution in [0.4, 0.5) is 4.79 Å². The van der Waals surface area contributed by atoms with Crippen molar-refractivity contribution < 1.29 is 19.0 Å². The molecule has 0 bridgehead atoms. The van der Waals surface area contributed by atoms with Crippen LogP contribution in [0.15, 0.2) is 66.0 Å². The Labute approximate surface area is 193 Å². The molecule has 3 aromatic rings. The van der Waals surface area contributed by atoms with Gasteiger partial charge in [0.1, 0.15) is 29.5 Å². The van der Waals surface area contributed by atoms with Crippen molar-refractivity contribution in [3.8, 4) is 27.7 Å². The summed E-state index contributed by atoms with van der Waals surface area (Å²) in [6.45, 7) is 6.81. The predicted octanol–water partition coefficient (Wildman–Crippen LogP) is 6.99. The van der Waals surface area contributed by atoms with Crippen LogP contribution in [-0.2, 0) is 4.74 Å². The molecule has 1 fully saturated rings.